The normalized spacial score (nSPS) is 24.9. The summed E-state index contributed by atoms with van der Waals surface area (Å²) in [6.07, 6.45) is 7.06. The van der Waals surface area contributed by atoms with E-state index in [2.05, 4.69) is 13.8 Å². The summed E-state index contributed by atoms with van der Waals surface area (Å²) in [7, 11) is 0. The van der Waals surface area contributed by atoms with Crippen LogP contribution in [0.25, 0.3) is 0 Å². The van der Waals surface area contributed by atoms with Crippen molar-refractivity contribution < 1.29 is 14.2 Å². The Balaban J connectivity index is 1.59. The van der Waals surface area contributed by atoms with Crippen molar-refractivity contribution in [1.29, 1.82) is 0 Å². The quantitative estimate of drug-likeness (QED) is 0.693. The molecule has 2 rings (SSSR count). The van der Waals surface area contributed by atoms with Gasteiger partial charge in [0.2, 0.25) is 0 Å². The zero-order valence-corrected chi connectivity index (χ0v) is 11.2. The van der Waals surface area contributed by atoms with Crippen LogP contribution in [0.3, 0.4) is 0 Å². The third-order valence-corrected chi connectivity index (χ3v) is 3.79. The molecule has 1 heterocycles. The van der Waals surface area contributed by atoms with Gasteiger partial charge in [0, 0.05) is 19.4 Å². The highest BCUT2D eigenvalue weighted by Gasteiger charge is 2.40. The molecule has 17 heavy (non-hydrogen) atoms. The Hall–Kier alpha value is -0.120. The van der Waals surface area contributed by atoms with Gasteiger partial charge in [-0.05, 0) is 31.6 Å². The Bertz CT molecular complexity index is 212. The summed E-state index contributed by atoms with van der Waals surface area (Å²) in [5.74, 6) is 0.547. The molecule has 100 valence electrons. The largest absolute Gasteiger partial charge is 0.378 e. The molecule has 1 aliphatic carbocycles. The maximum atomic E-state index is 5.92. The molecule has 3 heteroatoms. The first-order valence-corrected chi connectivity index (χ1v) is 7.10. The molecule has 1 spiro atoms. The Morgan fingerprint density at radius 3 is 2.41 bits per heavy atom. The second-order valence-corrected chi connectivity index (χ2v) is 5.71. The highest BCUT2D eigenvalue weighted by atomic mass is 16.7. The third kappa shape index (κ3) is 3.94. The smallest absolute Gasteiger partial charge is 0.168 e. The molecule has 1 saturated heterocycles. The lowest BCUT2D eigenvalue weighted by molar-refractivity contribution is -0.191. The molecule has 0 aromatic rings. The van der Waals surface area contributed by atoms with Crippen LogP contribution in [0.15, 0.2) is 0 Å². The van der Waals surface area contributed by atoms with Gasteiger partial charge in [-0.3, -0.25) is 0 Å². The molecule has 0 aromatic carbocycles. The SMILES string of the molecule is CC(C)CCCOC1CCC2(CC1)OCCO2. The predicted molar refractivity (Wildman–Crippen MR) is 66.9 cm³/mol. The van der Waals surface area contributed by atoms with E-state index in [9.17, 15) is 0 Å². The van der Waals surface area contributed by atoms with Crippen LogP contribution in [0.1, 0.15) is 52.4 Å². The lowest BCUT2D eigenvalue weighted by Gasteiger charge is -2.35. The van der Waals surface area contributed by atoms with Crippen LogP contribution in [0.5, 0.6) is 0 Å². The molecule has 1 aliphatic heterocycles. The van der Waals surface area contributed by atoms with E-state index in [-0.39, 0.29) is 5.79 Å². The summed E-state index contributed by atoms with van der Waals surface area (Å²) < 4.78 is 17.3. The van der Waals surface area contributed by atoms with Crippen LogP contribution in [0.4, 0.5) is 0 Å². The first-order valence-electron chi connectivity index (χ1n) is 7.10. The van der Waals surface area contributed by atoms with Crippen LogP contribution >= 0.6 is 0 Å². The zero-order chi connectivity index (χ0) is 12.1. The van der Waals surface area contributed by atoms with E-state index in [0.29, 0.717) is 6.10 Å². The lowest BCUT2D eigenvalue weighted by atomic mass is 9.92. The molecule has 2 aliphatic rings. The van der Waals surface area contributed by atoms with Crippen molar-refractivity contribution in [1.82, 2.24) is 0 Å². The van der Waals surface area contributed by atoms with Gasteiger partial charge in [0.05, 0.1) is 19.3 Å². The predicted octanol–water partition coefficient (Wildman–Crippen LogP) is 3.12. The summed E-state index contributed by atoms with van der Waals surface area (Å²) in [4.78, 5) is 0. The molecule has 0 aromatic heterocycles. The van der Waals surface area contributed by atoms with E-state index in [4.69, 9.17) is 14.2 Å². The topological polar surface area (TPSA) is 27.7 Å². The van der Waals surface area contributed by atoms with Crippen molar-refractivity contribution in [3.8, 4) is 0 Å². The molecule has 0 atom stereocenters. The summed E-state index contributed by atoms with van der Waals surface area (Å²) >= 11 is 0. The molecule has 2 fully saturated rings. The van der Waals surface area contributed by atoms with Gasteiger partial charge in [-0.25, -0.2) is 0 Å². The standard InChI is InChI=1S/C14H26O3/c1-12(2)4-3-9-15-13-5-7-14(8-6-13)16-10-11-17-14/h12-13H,3-11H2,1-2H3. The number of hydrogen-bond acceptors (Lipinski definition) is 3. The Kier molecular flexibility index (Phi) is 4.83. The van der Waals surface area contributed by atoms with E-state index in [1.807, 2.05) is 0 Å². The van der Waals surface area contributed by atoms with E-state index in [0.717, 1.165) is 51.4 Å². The fourth-order valence-electron chi connectivity index (χ4n) is 2.73. The first kappa shape index (κ1) is 13.3. The van der Waals surface area contributed by atoms with E-state index < -0.39 is 0 Å². The van der Waals surface area contributed by atoms with Crippen LogP contribution in [-0.2, 0) is 14.2 Å². The fraction of sp³-hybridized carbons (Fsp3) is 1.00. The lowest BCUT2D eigenvalue weighted by Crippen LogP contribution is -2.37. The number of hydrogen-bond donors (Lipinski definition) is 0. The number of ether oxygens (including phenoxy) is 3. The van der Waals surface area contributed by atoms with Crippen molar-refractivity contribution in [3.05, 3.63) is 0 Å². The highest BCUT2D eigenvalue weighted by molar-refractivity contribution is 4.82. The molecule has 0 unspecified atom stereocenters. The van der Waals surface area contributed by atoms with Crippen LogP contribution < -0.4 is 0 Å². The molecule has 1 saturated carbocycles. The molecule has 0 amide bonds. The Morgan fingerprint density at radius 2 is 1.82 bits per heavy atom. The summed E-state index contributed by atoms with van der Waals surface area (Å²) in [5, 5.41) is 0. The van der Waals surface area contributed by atoms with Crippen molar-refractivity contribution >= 4 is 0 Å². The second kappa shape index (κ2) is 6.17. The Morgan fingerprint density at radius 1 is 1.18 bits per heavy atom. The molecular formula is C14H26O3. The van der Waals surface area contributed by atoms with Crippen molar-refractivity contribution in [2.24, 2.45) is 5.92 Å². The van der Waals surface area contributed by atoms with Gasteiger partial charge in [-0.1, -0.05) is 13.8 Å². The van der Waals surface area contributed by atoms with Gasteiger partial charge >= 0.3 is 0 Å². The Labute approximate surface area is 105 Å². The highest BCUT2D eigenvalue weighted by Crippen LogP contribution is 2.36. The number of rotatable bonds is 5. The monoisotopic (exact) mass is 242 g/mol. The average molecular weight is 242 g/mol. The van der Waals surface area contributed by atoms with Gasteiger partial charge < -0.3 is 14.2 Å². The van der Waals surface area contributed by atoms with Crippen molar-refractivity contribution in [2.45, 2.75) is 64.3 Å². The van der Waals surface area contributed by atoms with Gasteiger partial charge in [0.15, 0.2) is 5.79 Å². The minimum Gasteiger partial charge on any atom is -0.378 e. The zero-order valence-electron chi connectivity index (χ0n) is 11.2. The molecule has 0 N–H and O–H groups in total. The second-order valence-electron chi connectivity index (χ2n) is 5.71. The molecular weight excluding hydrogens is 216 g/mol. The van der Waals surface area contributed by atoms with E-state index in [1.54, 1.807) is 0 Å². The third-order valence-electron chi connectivity index (χ3n) is 3.79. The first-order chi connectivity index (χ1) is 8.20. The van der Waals surface area contributed by atoms with Crippen LogP contribution in [-0.4, -0.2) is 31.7 Å². The van der Waals surface area contributed by atoms with Crippen molar-refractivity contribution in [3.63, 3.8) is 0 Å². The molecule has 0 bridgehead atoms. The molecule has 0 radical (unpaired) electrons. The maximum absolute atomic E-state index is 5.92. The minimum atomic E-state index is -0.238. The van der Waals surface area contributed by atoms with Crippen LogP contribution in [0, 0.1) is 5.92 Å². The minimum absolute atomic E-state index is 0.238. The van der Waals surface area contributed by atoms with E-state index in [1.165, 1.54) is 12.8 Å². The molecule has 3 nitrogen and oxygen atoms in total. The van der Waals surface area contributed by atoms with Gasteiger partial charge in [0.1, 0.15) is 0 Å². The van der Waals surface area contributed by atoms with Crippen molar-refractivity contribution in [2.75, 3.05) is 19.8 Å². The van der Waals surface area contributed by atoms with E-state index >= 15 is 0 Å². The fourth-order valence-corrected chi connectivity index (χ4v) is 2.73. The van der Waals surface area contributed by atoms with Gasteiger partial charge in [0.25, 0.3) is 0 Å². The summed E-state index contributed by atoms with van der Waals surface area (Å²) in [6.45, 7) is 6.97. The summed E-state index contributed by atoms with van der Waals surface area (Å²) in [6, 6.07) is 0. The van der Waals surface area contributed by atoms with Crippen LogP contribution in [0.2, 0.25) is 0 Å². The van der Waals surface area contributed by atoms with Gasteiger partial charge in [-0.2, -0.15) is 0 Å². The maximum Gasteiger partial charge on any atom is 0.168 e. The van der Waals surface area contributed by atoms with Gasteiger partial charge in [-0.15, -0.1) is 0 Å². The summed E-state index contributed by atoms with van der Waals surface area (Å²) in [5.41, 5.74) is 0. The average Bonchev–Trinajstić information content (AvgIpc) is 2.75.